The lowest BCUT2D eigenvalue weighted by molar-refractivity contribution is 0.0946. The molecular formula is C19H18ClFN2O. The van der Waals surface area contributed by atoms with Gasteiger partial charge >= 0.3 is 0 Å². The second-order valence-electron chi connectivity index (χ2n) is 6.47. The lowest BCUT2D eigenvalue weighted by atomic mass is 9.84. The fourth-order valence-electron chi connectivity index (χ4n) is 2.75. The Kier molecular flexibility index (Phi) is 4.33. The Morgan fingerprint density at radius 2 is 1.92 bits per heavy atom. The molecule has 0 aliphatic rings. The molecule has 1 amide bonds. The van der Waals surface area contributed by atoms with E-state index in [2.05, 4.69) is 10.3 Å². The highest BCUT2D eigenvalue weighted by Gasteiger charge is 2.25. The van der Waals surface area contributed by atoms with Gasteiger partial charge in [-0.05, 0) is 48.0 Å². The van der Waals surface area contributed by atoms with Crippen molar-refractivity contribution in [2.75, 3.05) is 6.54 Å². The maximum absolute atomic E-state index is 13.6. The lowest BCUT2D eigenvalue weighted by Gasteiger charge is -2.25. The second-order valence-corrected chi connectivity index (χ2v) is 6.90. The number of aromatic amines is 1. The molecule has 0 radical (unpaired) electrons. The molecular weight excluding hydrogens is 327 g/mol. The van der Waals surface area contributed by atoms with Crippen LogP contribution in [0, 0.1) is 5.82 Å². The van der Waals surface area contributed by atoms with Crippen molar-refractivity contribution in [2.24, 2.45) is 0 Å². The zero-order valence-electron chi connectivity index (χ0n) is 13.5. The highest BCUT2D eigenvalue weighted by atomic mass is 35.5. The molecule has 3 rings (SSSR count). The van der Waals surface area contributed by atoms with Gasteiger partial charge in [0.2, 0.25) is 0 Å². The van der Waals surface area contributed by atoms with Crippen molar-refractivity contribution in [1.29, 1.82) is 0 Å². The Balaban J connectivity index is 1.78. The maximum Gasteiger partial charge on any atom is 0.251 e. The standard InChI is InChI=1S/C19H18ClFN2O/c1-19(2,11-23-18(24)12-3-5-13(20)6-4-12)16-10-22-17-8-7-14(21)9-15(16)17/h3-10,22H,11H2,1-2H3,(H,23,24). The molecule has 2 N–H and O–H groups in total. The molecule has 0 unspecified atom stereocenters. The first-order valence-corrected chi connectivity index (χ1v) is 8.05. The van der Waals surface area contributed by atoms with Gasteiger partial charge in [0, 0.05) is 39.6 Å². The van der Waals surface area contributed by atoms with Gasteiger partial charge < -0.3 is 10.3 Å². The van der Waals surface area contributed by atoms with Gasteiger partial charge in [-0.2, -0.15) is 0 Å². The van der Waals surface area contributed by atoms with E-state index >= 15 is 0 Å². The van der Waals surface area contributed by atoms with Crippen LogP contribution in [0.15, 0.2) is 48.7 Å². The van der Waals surface area contributed by atoms with E-state index in [0.29, 0.717) is 17.1 Å². The summed E-state index contributed by atoms with van der Waals surface area (Å²) in [4.78, 5) is 15.4. The molecule has 1 aromatic heterocycles. The van der Waals surface area contributed by atoms with E-state index < -0.39 is 0 Å². The van der Waals surface area contributed by atoms with Crippen LogP contribution in [0.25, 0.3) is 10.9 Å². The van der Waals surface area contributed by atoms with Gasteiger partial charge in [-0.25, -0.2) is 4.39 Å². The zero-order chi connectivity index (χ0) is 17.3. The third-order valence-corrected chi connectivity index (χ3v) is 4.42. The summed E-state index contributed by atoms with van der Waals surface area (Å²) in [5, 5.41) is 4.36. The molecule has 3 aromatic rings. The number of benzene rings is 2. The van der Waals surface area contributed by atoms with E-state index in [1.807, 2.05) is 20.0 Å². The average molecular weight is 345 g/mol. The van der Waals surface area contributed by atoms with Crippen LogP contribution in [-0.4, -0.2) is 17.4 Å². The number of fused-ring (bicyclic) bond motifs is 1. The van der Waals surface area contributed by atoms with Gasteiger partial charge in [0.1, 0.15) is 5.82 Å². The third-order valence-electron chi connectivity index (χ3n) is 4.17. The summed E-state index contributed by atoms with van der Waals surface area (Å²) >= 11 is 5.84. The third kappa shape index (κ3) is 3.29. The number of amides is 1. The van der Waals surface area contributed by atoms with Crippen LogP contribution in [0.5, 0.6) is 0 Å². The molecule has 3 nitrogen and oxygen atoms in total. The summed E-state index contributed by atoms with van der Waals surface area (Å²) < 4.78 is 13.6. The summed E-state index contributed by atoms with van der Waals surface area (Å²) in [6.07, 6.45) is 1.87. The molecule has 0 atom stereocenters. The molecule has 0 fully saturated rings. The van der Waals surface area contributed by atoms with Crippen LogP contribution < -0.4 is 5.32 Å². The van der Waals surface area contributed by atoms with Gasteiger partial charge in [-0.15, -0.1) is 0 Å². The Bertz CT molecular complexity index is 884. The number of nitrogens with one attached hydrogen (secondary N) is 2. The highest BCUT2D eigenvalue weighted by Crippen LogP contribution is 2.30. The fourth-order valence-corrected chi connectivity index (χ4v) is 2.88. The number of hydrogen-bond acceptors (Lipinski definition) is 1. The van der Waals surface area contributed by atoms with Crippen molar-refractivity contribution in [3.63, 3.8) is 0 Å². The molecule has 0 bridgehead atoms. The molecule has 24 heavy (non-hydrogen) atoms. The summed E-state index contributed by atoms with van der Waals surface area (Å²) in [6.45, 7) is 4.46. The molecule has 0 spiro atoms. The molecule has 1 heterocycles. The van der Waals surface area contributed by atoms with Crippen molar-refractivity contribution in [1.82, 2.24) is 10.3 Å². The summed E-state index contributed by atoms with van der Waals surface area (Å²) in [7, 11) is 0. The normalized spacial score (nSPS) is 11.7. The molecule has 0 saturated heterocycles. The SMILES string of the molecule is CC(C)(CNC(=O)c1ccc(Cl)cc1)c1c[nH]c2ccc(F)cc12. The molecule has 124 valence electrons. The lowest BCUT2D eigenvalue weighted by Crippen LogP contribution is -2.36. The fraction of sp³-hybridized carbons (Fsp3) is 0.211. The van der Waals surface area contributed by atoms with Crippen LogP contribution in [0.2, 0.25) is 5.02 Å². The number of carbonyl (C=O) groups is 1. The average Bonchev–Trinajstić information content (AvgIpc) is 2.97. The second kappa shape index (κ2) is 6.29. The Morgan fingerprint density at radius 3 is 2.62 bits per heavy atom. The van der Waals surface area contributed by atoms with Crippen LogP contribution in [0.4, 0.5) is 4.39 Å². The van der Waals surface area contributed by atoms with E-state index in [9.17, 15) is 9.18 Å². The molecule has 0 aliphatic carbocycles. The maximum atomic E-state index is 13.6. The topological polar surface area (TPSA) is 44.9 Å². The van der Waals surface area contributed by atoms with Crippen molar-refractivity contribution in [3.8, 4) is 0 Å². The number of aromatic nitrogens is 1. The Labute approximate surface area is 144 Å². The van der Waals surface area contributed by atoms with E-state index in [-0.39, 0.29) is 17.1 Å². The summed E-state index contributed by atoms with van der Waals surface area (Å²) in [5.41, 5.74) is 2.05. The number of H-pyrrole nitrogens is 1. The number of hydrogen-bond donors (Lipinski definition) is 2. The van der Waals surface area contributed by atoms with E-state index in [1.165, 1.54) is 12.1 Å². The summed E-state index contributed by atoms with van der Waals surface area (Å²) in [6, 6.07) is 11.4. The number of rotatable bonds is 4. The molecule has 2 aromatic carbocycles. The minimum absolute atomic E-state index is 0.161. The van der Waals surface area contributed by atoms with Gasteiger partial charge in [-0.3, -0.25) is 4.79 Å². The summed E-state index contributed by atoms with van der Waals surface area (Å²) in [5.74, 6) is -0.435. The molecule has 0 saturated carbocycles. The van der Waals surface area contributed by atoms with Crippen molar-refractivity contribution >= 4 is 28.4 Å². The minimum atomic E-state index is -0.353. The van der Waals surface area contributed by atoms with E-state index in [1.54, 1.807) is 30.3 Å². The van der Waals surface area contributed by atoms with Gasteiger partial charge in [0.15, 0.2) is 0 Å². The van der Waals surface area contributed by atoms with Crippen molar-refractivity contribution in [2.45, 2.75) is 19.3 Å². The van der Waals surface area contributed by atoms with Gasteiger partial charge in [0.05, 0.1) is 0 Å². The van der Waals surface area contributed by atoms with Crippen molar-refractivity contribution in [3.05, 3.63) is 70.6 Å². The first-order chi connectivity index (χ1) is 11.4. The number of halogens is 2. The van der Waals surface area contributed by atoms with E-state index in [0.717, 1.165) is 16.5 Å². The predicted octanol–water partition coefficient (Wildman–Crippen LogP) is 4.67. The Hall–Kier alpha value is -2.33. The predicted molar refractivity (Wildman–Crippen MR) is 95.1 cm³/mol. The first kappa shape index (κ1) is 16.5. The van der Waals surface area contributed by atoms with Gasteiger partial charge in [0.25, 0.3) is 5.91 Å². The zero-order valence-corrected chi connectivity index (χ0v) is 14.2. The highest BCUT2D eigenvalue weighted by molar-refractivity contribution is 6.30. The Morgan fingerprint density at radius 1 is 1.21 bits per heavy atom. The van der Waals surface area contributed by atoms with Crippen LogP contribution in [0.1, 0.15) is 29.8 Å². The van der Waals surface area contributed by atoms with Crippen LogP contribution in [-0.2, 0) is 5.41 Å². The van der Waals surface area contributed by atoms with E-state index in [4.69, 9.17) is 11.6 Å². The molecule has 5 heteroatoms. The minimum Gasteiger partial charge on any atom is -0.361 e. The largest absolute Gasteiger partial charge is 0.361 e. The smallest absolute Gasteiger partial charge is 0.251 e. The van der Waals surface area contributed by atoms with Gasteiger partial charge in [-0.1, -0.05) is 25.4 Å². The van der Waals surface area contributed by atoms with Crippen LogP contribution >= 0.6 is 11.6 Å². The number of carbonyl (C=O) groups excluding carboxylic acids is 1. The monoisotopic (exact) mass is 344 g/mol. The first-order valence-electron chi connectivity index (χ1n) is 7.68. The van der Waals surface area contributed by atoms with Crippen molar-refractivity contribution < 1.29 is 9.18 Å². The molecule has 0 aliphatic heterocycles. The van der Waals surface area contributed by atoms with Crippen LogP contribution in [0.3, 0.4) is 0 Å². The quantitative estimate of drug-likeness (QED) is 0.710.